The third kappa shape index (κ3) is 0.737. The molecule has 0 aromatic carbocycles. The van der Waals surface area contributed by atoms with Crippen LogP contribution in [0.1, 0.15) is 13.3 Å². The number of aliphatic hydroxyl groups is 1. The number of carbonyl (C=O) groups excluding carboxylic acids is 1. The van der Waals surface area contributed by atoms with E-state index in [1.165, 1.54) is 0 Å². The Bertz CT molecular complexity index is 226. The molecule has 2 radical (unpaired) electrons. The predicted octanol–water partition coefficient (Wildman–Crippen LogP) is -0.113. The summed E-state index contributed by atoms with van der Waals surface area (Å²) in [5.74, 6) is -0.327. The van der Waals surface area contributed by atoms with Crippen molar-refractivity contribution in [3.8, 4) is 0 Å². The zero-order valence-corrected chi connectivity index (χ0v) is 6.99. The average molecular weight is 166 g/mol. The maximum atomic E-state index is 11.2. The molecule has 0 spiro atoms. The minimum Gasteiger partial charge on any atom is -0.465 e. The third-order valence-electron chi connectivity index (χ3n) is 3.13. The molecule has 3 nitrogen and oxygen atoms in total. The lowest BCUT2D eigenvalue weighted by Crippen LogP contribution is -2.34. The van der Waals surface area contributed by atoms with Gasteiger partial charge in [0.15, 0.2) is 0 Å². The van der Waals surface area contributed by atoms with Crippen LogP contribution in [0.25, 0.3) is 0 Å². The van der Waals surface area contributed by atoms with Crippen LogP contribution < -0.4 is 0 Å². The SMILES string of the molecule is [B]C12C(=O)OC[C@H]1CC(C)C2O. The summed E-state index contributed by atoms with van der Waals surface area (Å²) in [7, 11) is 5.82. The van der Waals surface area contributed by atoms with Crippen LogP contribution in [0.15, 0.2) is 0 Å². The molecule has 12 heavy (non-hydrogen) atoms. The van der Waals surface area contributed by atoms with E-state index in [1.807, 2.05) is 6.92 Å². The van der Waals surface area contributed by atoms with Crippen LogP contribution in [0.5, 0.6) is 0 Å². The maximum absolute atomic E-state index is 11.2. The van der Waals surface area contributed by atoms with Crippen molar-refractivity contribution in [3.63, 3.8) is 0 Å². The van der Waals surface area contributed by atoms with Crippen LogP contribution in [0, 0.1) is 11.8 Å². The summed E-state index contributed by atoms with van der Waals surface area (Å²) in [6.45, 7) is 2.28. The first kappa shape index (κ1) is 8.11. The number of ether oxygens (including phenoxy) is 1. The second kappa shape index (κ2) is 2.25. The molecule has 4 heteroatoms. The molecule has 4 atom stereocenters. The summed E-state index contributed by atoms with van der Waals surface area (Å²) < 4.78 is 4.82. The van der Waals surface area contributed by atoms with E-state index in [4.69, 9.17) is 12.6 Å². The van der Waals surface area contributed by atoms with Crippen molar-refractivity contribution < 1.29 is 14.6 Å². The van der Waals surface area contributed by atoms with Crippen LogP contribution in [0.4, 0.5) is 0 Å². The Hall–Kier alpha value is -0.505. The molecule has 1 saturated heterocycles. The summed E-state index contributed by atoms with van der Waals surface area (Å²) >= 11 is 0. The molecule has 1 N–H and O–H groups in total. The van der Waals surface area contributed by atoms with Gasteiger partial charge in [0.25, 0.3) is 0 Å². The zero-order valence-electron chi connectivity index (χ0n) is 6.99. The smallest absolute Gasteiger partial charge is 0.306 e. The topological polar surface area (TPSA) is 46.5 Å². The summed E-state index contributed by atoms with van der Waals surface area (Å²) in [5.41, 5.74) is 0. The van der Waals surface area contributed by atoms with Gasteiger partial charge in [-0.05, 0) is 12.3 Å². The van der Waals surface area contributed by atoms with E-state index in [2.05, 4.69) is 0 Å². The number of cyclic esters (lactones) is 1. The first-order valence-electron chi connectivity index (χ1n) is 4.21. The molecule has 0 amide bonds. The van der Waals surface area contributed by atoms with E-state index in [1.54, 1.807) is 0 Å². The van der Waals surface area contributed by atoms with Gasteiger partial charge in [0.2, 0.25) is 0 Å². The number of rotatable bonds is 0. The van der Waals surface area contributed by atoms with E-state index in [0.29, 0.717) is 6.61 Å². The van der Waals surface area contributed by atoms with Crippen molar-refractivity contribution in [2.45, 2.75) is 24.8 Å². The third-order valence-corrected chi connectivity index (χ3v) is 3.13. The van der Waals surface area contributed by atoms with E-state index in [9.17, 15) is 9.90 Å². The number of fused-ring (bicyclic) bond motifs is 1. The lowest BCUT2D eigenvalue weighted by molar-refractivity contribution is -0.143. The van der Waals surface area contributed by atoms with E-state index in [0.717, 1.165) is 6.42 Å². The average Bonchev–Trinajstić information content (AvgIpc) is 2.41. The Morgan fingerprint density at radius 3 is 3.00 bits per heavy atom. The fourth-order valence-corrected chi connectivity index (χ4v) is 2.28. The largest absolute Gasteiger partial charge is 0.465 e. The second-order valence-electron chi connectivity index (χ2n) is 3.89. The molecule has 2 rings (SSSR count). The lowest BCUT2D eigenvalue weighted by atomic mass is 9.62. The molecule has 64 valence electrons. The van der Waals surface area contributed by atoms with E-state index >= 15 is 0 Å². The molecule has 1 heterocycles. The minimum absolute atomic E-state index is 0.00926. The first-order chi connectivity index (χ1) is 5.56. The second-order valence-corrected chi connectivity index (χ2v) is 3.89. The molecule has 2 fully saturated rings. The molecule has 0 aromatic heterocycles. The van der Waals surface area contributed by atoms with Crippen molar-refractivity contribution in [1.29, 1.82) is 0 Å². The highest BCUT2D eigenvalue weighted by atomic mass is 16.5. The Morgan fingerprint density at radius 2 is 2.42 bits per heavy atom. The predicted molar refractivity (Wildman–Crippen MR) is 42.7 cm³/mol. The van der Waals surface area contributed by atoms with Gasteiger partial charge < -0.3 is 9.84 Å². The number of carbonyl (C=O) groups is 1. The van der Waals surface area contributed by atoms with Gasteiger partial charge in [-0.15, -0.1) is 0 Å². The summed E-state index contributed by atoms with van der Waals surface area (Å²) in [6.07, 6.45) is 0.0427. The van der Waals surface area contributed by atoms with Gasteiger partial charge in [-0.25, -0.2) is 0 Å². The van der Waals surface area contributed by atoms with Gasteiger partial charge >= 0.3 is 5.97 Å². The monoisotopic (exact) mass is 166 g/mol. The number of aliphatic hydroxyl groups excluding tert-OH is 1. The van der Waals surface area contributed by atoms with Crippen molar-refractivity contribution in [2.24, 2.45) is 11.8 Å². The molecule has 1 aliphatic carbocycles. The number of hydrogen-bond acceptors (Lipinski definition) is 3. The molecular formula is C8H11BO3. The summed E-state index contributed by atoms with van der Waals surface area (Å²) in [4.78, 5) is 11.2. The van der Waals surface area contributed by atoms with Gasteiger partial charge in [-0.1, -0.05) is 6.92 Å². The van der Waals surface area contributed by atoms with Crippen LogP contribution in [0.3, 0.4) is 0 Å². The standard InChI is InChI=1S/C8H11BO3/c1-4-2-5-3-12-7(11)8(5,9)6(4)10/h4-6,10H,2-3H2,1H3/t4?,5-,6?,8?/m1/s1. The molecule has 1 saturated carbocycles. The molecule has 3 unspecified atom stereocenters. The van der Waals surface area contributed by atoms with Gasteiger partial charge in [0.1, 0.15) is 0 Å². The summed E-state index contributed by atoms with van der Waals surface area (Å²) in [5, 5.41) is 8.56. The first-order valence-corrected chi connectivity index (χ1v) is 4.21. The van der Waals surface area contributed by atoms with Crippen molar-refractivity contribution in [2.75, 3.05) is 6.61 Å². The van der Waals surface area contributed by atoms with Crippen molar-refractivity contribution in [1.82, 2.24) is 0 Å². The Labute approximate surface area is 72.5 Å². The highest BCUT2D eigenvalue weighted by Crippen LogP contribution is 2.54. The molecule has 0 aromatic rings. The highest BCUT2D eigenvalue weighted by Gasteiger charge is 2.58. The molecular weight excluding hydrogens is 155 g/mol. The van der Waals surface area contributed by atoms with Gasteiger partial charge in [-0.2, -0.15) is 0 Å². The van der Waals surface area contributed by atoms with Crippen LogP contribution in [0.2, 0.25) is 5.31 Å². The summed E-state index contributed by atoms with van der Waals surface area (Å²) in [6, 6.07) is 0. The Kier molecular flexibility index (Phi) is 1.52. The van der Waals surface area contributed by atoms with Gasteiger partial charge in [0, 0.05) is 5.92 Å². The quantitative estimate of drug-likeness (QED) is 0.403. The fourth-order valence-electron chi connectivity index (χ4n) is 2.28. The van der Waals surface area contributed by atoms with Gasteiger partial charge in [-0.3, -0.25) is 4.79 Å². The molecule has 1 aliphatic heterocycles. The molecule has 0 bridgehead atoms. The highest BCUT2D eigenvalue weighted by molar-refractivity contribution is 6.28. The van der Waals surface area contributed by atoms with Crippen molar-refractivity contribution in [3.05, 3.63) is 0 Å². The Morgan fingerprint density at radius 1 is 1.75 bits per heavy atom. The lowest BCUT2D eigenvalue weighted by Gasteiger charge is -2.24. The van der Waals surface area contributed by atoms with Gasteiger partial charge in [0.05, 0.1) is 25.9 Å². The zero-order chi connectivity index (χ0) is 8.93. The van der Waals surface area contributed by atoms with E-state index in [-0.39, 0.29) is 11.8 Å². The number of esters is 1. The normalized spacial score (nSPS) is 52.2. The number of hydrogen-bond donors (Lipinski definition) is 1. The maximum Gasteiger partial charge on any atom is 0.306 e. The van der Waals surface area contributed by atoms with E-state index < -0.39 is 17.4 Å². The van der Waals surface area contributed by atoms with Crippen LogP contribution >= 0.6 is 0 Å². The minimum atomic E-state index is -1.11. The van der Waals surface area contributed by atoms with Crippen molar-refractivity contribution >= 4 is 13.8 Å². The van der Waals surface area contributed by atoms with Crippen LogP contribution in [-0.2, 0) is 9.53 Å². The molecule has 2 aliphatic rings. The fraction of sp³-hybridized carbons (Fsp3) is 0.875. The van der Waals surface area contributed by atoms with Crippen LogP contribution in [-0.4, -0.2) is 31.6 Å². The Balaban J connectivity index is 2.34.